The van der Waals surface area contributed by atoms with Gasteiger partial charge in [-0.15, -0.1) is 54.1 Å². The van der Waals surface area contributed by atoms with Crippen LogP contribution in [0.15, 0.2) is 144 Å². The van der Waals surface area contributed by atoms with Gasteiger partial charge in [-0.1, -0.05) is 59.5 Å². The van der Waals surface area contributed by atoms with E-state index < -0.39 is 0 Å². The molecular formula is C41H26IrN4O-2. The number of hydrogen-bond acceptors (Lipinski definition) is 5. The summed E-state index contributed by atoms with van der Waals surface area (Å²) in [5.41, 5.74) is 9.33. The van der Waals surface area contributed by atoms with Crippen LogP contribution in [0.5, 0.6) is 0 Å². The molecule has 6 heteroatoms. The van der Waals surface area contributed by atoms with Crippen LogP contribution >= 0.6 is 0 Å². The van der Waals surface area contributed by atoms with E-state index in [1.165, 1.54) is 0 Å². The molecule has 0 aliphatic rings. The standard InChI is InChI=1S/C30H18N3O.C11H8N.Ir/c1-18-5-6-19-9-10-25-24-3-2-4-26(29(24)34-30(25)28(19)33-18)27-16-22(12-14-32-27)20-7-8-23-17-31-13-11-21(23)15-20;1-2-6-10(7-3-1)11-8-4-5-9-12-11;/h2-3,5-17H,1H3;1-6,8-9H;/q2*-1;. The fourth-order valence-corrected chi connectivity index (χ4v) is 5.75. The first kappa shape index (κ1) is 30.1. The molecule has 0 saturated heterocycles. The van der Waals surface area contributed by atoms with E-state index in [1.807, 2.05) is 98.3 Å². The molecule has 227 valence electrons. The van der Waals surface area contributed by atoms with Gasteiger partial charge in [-0.25, -0.2) is 4.98 Å². The maximum Gasteiger partial charge on any atom is 0.147 e. The molecule has 5 nitrogen and oxygen atoms in total. The van der Waals surface area contributed by atoms with E-state index in [9.17, 15) is 0 Å². The Labute approximate surface area is 285 Å². The van der Waals surface area contributed by atoms with Crippen LogP contribution in [-0.2, 0) is 20.1 Å². The van der Waals surface area contributed by atoms with Gasteiger partial charge < -0.3 is 14.4 Å². The Balaban J connectivity index is 0.000000228. The van der Waals surface area contributed by atoms with Crippen molar-refractivity contribution in [2.75, 3.05) is 0 Å². The van der Waals surface area contributed by atoms with E-state index in [-0.39, 0.29) is 20.1 Å². The molecule has 0 spiro atoms. The number of aromatic nitrogens is 4. The van der Waals surface area contributed by atoms with E-state index in [0.29, 0.717) is 0 Å². The van der Waals surface area contributed by atoms with Crippen LogP contribution in [0.25, 0.3) is 77.3 Å². The van der Waals surface area contributed by atoms with Crippen molar-refractivity contribution in [3.05, 3.63) is 158 Å². The summed E-state index contributed by atoms with van der Waals surface area (Å²) < 4.78 is 6.47. The number of pyridine rings is 4. The van der Waals surface area contributed by atoms with Gasteiger partial charge in [-0.05, 0) is 65.2 Å². The Bertz CT molecular complexity index is 2460. The third kappa shape index (κ3) is 5.93. The van der Waals surface area contributed by atoms with Crippen molar-refractivity contribution in [3.8, 4) is 33.6 Å². The molecule has 0 bridgehead atoms. The van der Waals surface area contributed by atoms with Crippen LogP contribution in [0.3, 0.4) is 0 Å². The largest absolute Gasteiger partial charge is 0.498 e. The van der Waals surface area contributed by atoms with Crippen molar-refractivity contribution in [2.24, 2.45) is 0 Å². The van der Waals surface area contributed by atoms with Crippen molar-refractivity contribution in [2.45, 2.75) is 6.92 Å². The average Bonchev–Trinajstić information content (AvgIpc) is 3.52. The summed E-state index contributed by atoms with van der Waals surface area (Å²) in [6, 6.07) is 45.1. The molecule has 1 radical (unpaired) electrons. The summed E-state index contributed by atoms with van der Waals surface area (Å²) in [5, 5.41) is 5.44. The SMILES string of the molecule is Cc1ccc2ccc3c4cc[c-]c(-c5cc(-c6ccc7cnccc7c6)ccn5)c4oc3c2n1.[Ir].[c-]1ccccc1-c1ccccn1. The molecule has 0 fully saturated rings. The molecular weight excluding hydrogens is 757 g/mol. The van der Waals surface area contributed by atoms with Gasteiger partial charge in [-0.2, -0.15) is 0 Å². The second-order valence-corrected chi connectivity index (χ2v) is 11.0. The third-order valence-corrected chi connectivity index (χ3v) is 8.04. The van der Waals surface area contributed by atoms with E-state index in [4.69, 9.17) is 9.40 Å². The average molecular weight is 783 g/mol. The van der Waals surface area contributed by atoms with Crippen LogP contribution < -0.4 is 0 Å². The topological polar surface area (TPSA) is 64.7 Å². The van der Waals surface area contributed by atoms with Crippen LogP contribution in [0, 0.1) is 19.1 Å². The summed E-state index contributed by atoms with van der Waals surface area (Å²) >= 11 is 0. The molecule has 9 aromatic rings. The number of aryl methyl sites for hydroxylation is 1. The zero-order valence-corrected chi connectivity index (χ0v) is 27.7. The maximum absolute atomic E-state index is 6.47. The molecule has 0 amide bonds. The molecule has 4 aromatic carbocycles. The molecule has 0 atom stereocenters. The molecule has 47 heavy (non-hydrogen) atoms. The summed E-state index contributed by atoms with van der Waals surface area (Å²) in [5.74, 6) is 0. The van der Waals surface area contributed by atoms with Gasteiger partial charge in [0.25, 0.3) is 0 Å². The third-order valence-electron chi connectivity index (χ3n) is 8.04. The Hall–Kier alpha value is -5.55. The van der Waals surface area contributed by atoms with Gasteiger partial charge in [0.2, 0.25) is 0 Å². The Morgan fingerprint density at radius 3 is 2.30 bits per heavy atom. The van der Waals surface area contributed by atoms with Crippen LogP contribution in [0.1, 0.15) is 5.69 Å². The molecule has 0 unspecified atom stereocenters. The molecule has 9 rings (SSSR count). The Morgan fingerprint density at radius 2 is 1.43 bits per heavy atom. The second-order valence-electron chi connectivity index (χ2n) is 11.0. The predicted octanol–water partition coefficient (Wildman–Crippen LogP) is 10.1. The zero-order chi connectivity index (χ0) is 30.9. The van der Waals surface area contributed by atoms with E-state index in [0.717, 1.165) is 82.9 Å². The minimum absolute atomic E-state index is 0. The molecule has 0 aliphatic carbocycles. The smallest absolute Gasteiger partial charge is 0.147 e. The first-order valence-corrected chi connectivity index (χ1v) is 15.0. The van der Waals surface area contributed by atoms with Gasteiger partial charge in [0, 0.05) is 66.7 Å². The van der Waals surface area contributed by atoms with Crippen molar-refractivity contribution in [1.29, 1.82) is 0 Å². The van der Waals surface area contributed by atoms with Gasteiger partial charge in [0.05, 0.1) is 5.58 Å². The minimum atomic E-state index is 0. The molecule has 5 heterocycles. The summed E-state index contributed by atoms with van der Waals surface area (Å²) in [4.78, 5) is 17.9. The van der Waals surface area contributed by atoms with E-state index >= 15 is 0 Å². The van der Waals surface area contributed by atoms with E-state index in [1.54, 1.807) is 6.20 Å². The van der Waals surface area contributed by atoms with Gasteiger partial charge >= 0.3 is 0 Å². The number of fused-ring (bicyclic) bond motifs is 6. The molecule has 0 aliphatic heterocycles. The van der Waals surface area contributed by atoms with Crippen LogP contribution in [0.4, 0.5) is 0 Å². The number of nitrogens with zero attached hydrogens (tertiary/aromatic N) is 4. The first-order valence-electron chi connectivity index (χ1n) is 15.0. The minimum Gasteiger partial charge on any atom is -0.498 e. The van der Waals surface area contributed by atoms with Gasteiger partial charge in [-0.3, -0.25) is 4.98 Å². The maximum atomic E-state index is 6.47. The fourth-order valence-electron chi connectivity index (χ4n) is 5.75. The van der Waals surface area contributed by atoms with Crippen molar-refractivity contribution in [3.63, 3.8) is 0 Å². The van der Waals surface area contributed by atoms with Crippen molar-refractivity contribution < 1.29 is 24.5 Å². The zero-order valence-electron chi connectivity index (χ0n) is 25.3. The number of furan rings is 1. The summed E-state index contributed by atoms with van der Waals surface area (Å²) in [7, 11) is 0. The second kappa shape index (κ2) is 13.1. The number of rotatable bonds is 3. The van der Waals surface area contributed by atoms with Crippen LogP contribution in [0.2, 0.25) is 0 Å². The number of benzene rings is 4. The summed E-state index contributed by atoms with van der Waals surface area (Å²) in [6.07, 6.45) is 7.34. The quantitative estimate of drug-likeness (QED) is 0.167. The van der Waals surface area contributed by atoms with Gasteiger partial charge in [0.15, 0.2) is 0 Å². The Kier molecular flexibility index (Phi) is 8.36. The van der Waals surface area contributed by atoms with Gasteiger partial charge in [0.1, 0.15) is 11.1 Å². The molecule has 5 aromatic heterocycles. The summed E-state index contributed by atoms with van der Waals surface area (Å²) in [6.45, 7) is 2.00. The molecule has 0 saturated carbocycles. The molecule has 0 N–H and O–H groups in total. The fraction of sp³-hybridized carbons (Fsp3) is 0.0244. The van der Waals surface area contributed by atoms with E-state index in [2.05, 4.69) is 69.5 Å². The first-order chi connectivity index (χ1) is 22.7. The number of hydrogen-bond donors (Lipinski definition) is 0. The predicted molar refractivity (Wildman–Crippen MR) is 185 cm³/mol. The van der Waals surface area contributed by atoms with Crippen molar-refractivity contribution in [1.82, 2.24) is 19.9 Å². The normalized spacial score (nSPS) is 10.9. The Morgan fingerprint density at radius 1 is 0.596 bits per heavy atom. The van der Waals surface area contributed by atoms with Crippen LogP contribution in [-0.4, -0.2) is 19.9 Å². The van der Waals surface area contributed by atoms with Crippen molar-refractivity contribution >= 4 is 43.6 Å². The monoisotopic (exact) mass is 783 g/mol.